The third kappa shape index (κ3) is 2.24. The Bertz CT molecular complexity index is 536. The molecule has 1 unspecified atom stereocenters. The second-order valence-electron chi connectivity index (χ2n) is 4.47. The van der Waals surface area contributed by atoms with E-state index in [1.165, 1.54) is 11.1 Å². The van der Waals surface area contributed by atoms with Gasteiger partial charge >= 0.3 is 0 Å². The number of ether oxygens (including phenoxy) is 2. The fourth-order valence-electron chi connectivity index (χ4n) is 2.26. The average molecular weight is 244 g/mol. The van der Waals surface area contributed by atoms with E-state index >= 15 is 0 Å². The van der Waals surface area contributed by atoms with Gasteiger partial charge in [-0.1, -0.05) is 24.3 Å². The average Bonchev–Trinajstić information content (AvgIpc) is 2.82. The molecule has 0 spiro atoms. The van der Waals surface area contributed by atoms with Crippen LogP contribution in [0.2, 0.25) is 0 Å². The predicted molar refractivity (Wildman–Crippen MR) is 67.5 cm³/mol. The lowest BCUT2D eigenvalue weighted by Gasteiger charge is -2.25. The van der Waals surface area contributed by atoms with Gasteiger partial charge in [0, 0.05) is 7.05 Å². The van der Waals surface area contributed by atoms with Crippen molar-refractivity contribution in [3.63, 3.8) is 0 Å². The number of hydrogen-bond donors (Lipinski definition) is 0. The van der Waals surface area contributed by atoms with E-state index in [2.05, 4.69) is 23.3 Å². The van der Waals surface area contributed by atoms with Gasteiger partial charge in [0.2, 0.25) is 0 Å². The number of rotatable bonds is 3. The Morgan fingerprint density at radius 1 is 1.44 bits per heavy atom. The van der Waals surface area contributed by atoms with Gasteiger partial charge in [0.15, 0.2) is 5.75 Å². The lowest BCUT2D eigenvalue weighted by atomic mass is 9.98. The standard InChI is InChI=1S/C14H16N2O2/c1-16-9-12(8-15-16)18-10-14-13-5-3-2-4-11(13)6-7-17-14/h2-5,8-9,14H,6-7,10H2,1H3. The minimum absolute atomic E-state index is 0.0233. The smallest absolute Gasteiger partial charge is 0.157 e. The van der Waals surface area contributed by atoms with Crippen LogP contribution < -0.4 is 4.74 Å². The Morgan fingerprint density at radius 3 is 3.17 bits per heavy atom. The Labute approximate surface area is 106 Å². The second kappa shape index (κ2) is 4.82. The molecule has 94 valence electrons. The molecular formula is C14H16N2O2. The zero-order valence-corrected chi connectivity index (χ0v) is 10.4. The second-order valence-corrected chi connectivity index (χ2v) is 4.47. The fraction of sp³-hybridized carbons (Fsp3) is 0.357. The van der Waals surface area contributed by atoms with Crippen LogP contribution in [0.3, 0.4) is 0 Å². The largest absolute Gasteiger partial charge is 0.487 e. The van der Waals surface area contributed by atoms with Gasteiger partial charge in [0.05, 0.1) is 19.0 Å². The van der Waals surface area contributed by atoms with Crippen molar-refractivity contribution in [3.05, 3.63) is 47.8 Å². The van der Waals surface area contributed by atoms with Crippen LogP contribution in [0.5, 0.6) is 5.75 Å². The first-order chi connectivity index (χ1) is 8.83. The van der Waals surface area contributed by atoms with E-state index in [-0.39, 0.29) is 6.10 Å². The molecule has 2 heterocycles. The van der Waals surface area contributed by atoms with Crippen LogP contribution in [0.1, 0.15) is 17.2 Å². The van der Waals surface area contributed by atoms with Gasteiger partial charge in [-0.25, -0.2) is 0 Å². The van der Waals surface area contributed by atoms with Crippen molar-refractivity contribution in [1.29, 1.82) is 0 Å². The van der Waals surface area contributed by atoms with Crippen molar-refractivity contribution in [2.75, 3.05) is 13.2 Å². The Balaban J connectivity index is 1.71. The van der Waals surface area contributed by atoms with Gasteiger partial charge in [-0.3, -0.25) is 4.68 Å². The Hall–Kier alpha value is -1.81. The zero-order chi connectivity index (χ0) is 12.4. The highest BCUT2D eigenvalue weighted by Crippen LogP contribution is 2.27. The molecule has 1 aromatic heterocycles. The van der Waals surface area contributed by atoms with Crippen molar-refractivity contribution < 1.29 is 9.47 Å². The van der Waals surface area contributed by atoms with Crippen LogP contribution in [-0.4, -0.2) is 23.0 Å². The molecule has 4 nitrogen and oxygen atoms in total. The van der Waals surface area contributed by atoms with Gasteiger partial charge in [-0.2, -0.15) is 5.10 Å². The van der Waals surface area contributed by atoms with Crippen LogP contribution in [0.15, 0.2) is 36.7 Å². The first-order valence-electron chi connectivity index (χ1n) is 6.14. The summed E-state index contributed by atoms with van der Waals surface area (Å²) in [5.41, 5.74) is 2.61. The van der Waals surface area contributed by atoms with Crippen LogP contribution in [0, 0.1) is 0 Å². The van der Waals surface area contributed by atoms with Gasteiger partial charge < -0.3 is 9.47 Å². The first-order valence-corrected chi connectivity index (χ1v) is 6.14. The lowest BCUT2D eigenvalue weighted by molar-refractivity contribution is 0.0102. The number of fused-ring (bicyclic) bond motifs is 1. The molecular weight excluding hydrogens is 228 g/mol. The van der Waals surface area contributed by atoms with E-state index in [4.69, 9.17) is 9.47 Å². The van der Waals surface area contributed by atoms with Gasteiger partial charge in [0.25, 0.3) is 0 Å². The Kier molecular flexibility index (Phi) is 3.02. The summed E-state index contributed by atoms with van der Waals surface area (Å²) < 4.78 is 13.2. The van der Waals surface area contributed by atoms with E-state index < -0.39 is 0 Å². The number of aromatic nitrogens is 2. The maximum atomic E-state index is 5.78. The number of nitrogens with zero attached hydrogens (tertiary/aromatic N) is 2. The summed E-state index contributed by atoms with van der Waals surface area (Å²) in [4.78, 5) is 0. The molecule has 0 amide bonds. The SMILES string of the molecule is Cn1cc(OCC2OCCc3ccccc32)cn1. The summed E-state index contributed by atoms with van der Waals surface area (Å²) in [5.74, 6) is 0.782. The highest BCUT2D eigenvalue weighted by Gasteiger charge is 2.21. The molecule has 1 aromatic carbocycles. The maximum Gasteiger partial charge on any atom is 0.157 e. The highest BCUT2D eigenvalue weighted by molar-refractivity contribution is 5.31. The van der Waals surface area contributed by atoms with Crippen LogP contribution >= 0.6 is 0 Å². The van der Waals surface area contributed by atoms with Crippen LogP contribution in [0.25, 0.3) is 0 Å². The molecule has 0 radical (unpaired) electrons. The quantitative estimate of drug-likeness (QED) is 0.829. The van der Waals surface area contributed by atoms with Crippen molar-refractivity contribution in [2.24, 2.45) is 7.05 Å². The summed E-state index contributed by atoms with van der Waals surface area (Å²) in [6.07, 6.45) is 4.58. The highest BCUT2D eigenvalue weighted by atomic mass is 16.5. The molecule has 0 saturated carbocycles. The molecule has 0 saturated heterocycles. The summed E-state index contributed by atoms with van der Waals surface area (Å²) in [7, 11) is 1.87. The van der Waals surface area contributed by atoms with Gasteiger partial charge in [-0.15, -0.1) is 0 Å². The van der Waals surface area contributed by atoms with E-state index in [1.54, 1.807) is 10.9 Å². The lowest BCUT2D eigenvalue weighted by Crippen LogP contribution is -2.21. The summed E-state index contributed by atoms with van der Waals surface area (Å²) in [5, 5.41) is 4.08. The van der Waals surface area contributed by atoms with Gasteiger partial charge in [0.1, 0.15) is 12.7 Å². The topological polar surface area (TPSA) is 36.3 Å². The van der Waals surface area contributed by atoms with Crippen LogP contribution in [0.4, 0.5) is 0 Å². The molecule has 0 bridgehead atoms. The number of hydrogen-bond acceptors (Lipinski definition) is 3. The van der Waals surface area contributed by atoms with Crippen molar-refractivity contribution in [2.45, 2.75) is 12.5 Å². The maximum absolute atomic E-state index is 5.78. The van der Waals surface area contributed by atoms with Crippen molar-refractivity contribution >= 4 is 0 Å². The number of benzene rings is 1. The minimum Gasteiger partial charge on any atom is -0.487 e. The van der Waals surface area contributed by atoms with Crippen molar-refractivity contribution in [1.82, 2.24) is 9.78 Å². The molecule has 0 N–H and O–H groups in total. The monoisotopic (exact) mass is 244 g/mol. The van der Waals surface area contributed by atoms with Crippen molar-refractivity contribution in [3.8, 4) is 5.75 Å². The normalized spacial score (nSPS) is 18.4. The molecule has 0 aliphatic carbocycles. The van der Waals surface area contributed by atoms with Crippen LogP contribution in [-0.2, 0) is 18.2 Å². The molecule has 0 fully saturated rings. The summed E-state index contributed by atoms with van der Waals surface area (Å²) >= 11 is 0. The zero-order valence-electron chi connectivity index (χ0n) is 10.4. The van der Waals surface area contributed by atoms with Gasteiger partial charge in [-0.05, 0) is 17.5 Å². The third-order valence-electron chi connectivity index (χ3n) is 3.17. The summed E-state index contributed by atoms with van der Waals surface area (Å²) in [6.45, 7) is 1.29. The molecule has 3 rings (SSSR count). The third-order valence-corrected chi connectivity index (χ3v) is 3.17. The first kappa shape index (κ1) is 11.3. The molecule has 1 atom stereocenters. The predicted octanol–water partition coefficient (Wildman–Crippen LogP) is 2.11. The van der Waals surface area contributed by atoms with E-state index in [9.17, 15) is 0 Å². The van der Waals surface area contributed by atoms with E-state index in [0.717, 1.165) is 18.8 Å². The number of aryl methyl sites for hydroxylation is 1. The molecule has 18 heavy (non-hydrogen) atoms. The molecule has 1 aliphatic rings. The van der Waals surface area contributed by atoms with E-state index in [0.29, 0.717) is 6.61 Å². The fourth-order valence-corrected chi connectivity index (χ4v) is 2.26. The molecule has 2 aromatic rings. The molecule has 4 heteroatoms. The summed E-state index contributed by atoms with van der Waals surface area (Å²) in [6, 6.07) is 8.40. The van der Waals surface area contributed by atoms with E-state index in [1.807, 2.05) is 19.3 Å². The minimum atomic E-state index is 0.0233. The molecule has 1 aliphatic heterocycles. The Morgan fingerprint density at radius 2 is 2.33 bits per heavy atom.